The highest BCUT2D eigenvalue weighted by atomic mass is 19.1. The van der Waals surface area contributed by atoms with Gasteiger partial charge in [-0.3, -0.25) is 4.79 Å². The summed E-state index contributed by atoms with van der Waals surface area (Å²) in [6.07, 6.45) is -0.0338. The number of halogens is 1. The van der Waals surface area contributed by atoms with Crippen molar-refractivity contribution in [2.24, 2.45) is 0 Å². The van der Waals surface area contributed by atoms with Gasteiger partial charge in [-0.2, -0.15) is 0 Å². The van der Waals surface area contributed by atoms with Gasteiger partial charge in [0.15, 0.2) is 6.10 Å². The Morgan fingerprint density at radius 3 is 2.42 bits per heavy atom. The summed E-state index contributed by atoms with van der Waals surface area (Å²) >= 11 is 0. The first-order valence-electron chi connectivity index (χ1n) is 8.78. The maximum Gasteiger partial charge on any atom is 0.261 e. The monoisotopic (exact) mass is 351 g/mol. The molecule has 0 radical (unpaired) electrons. The van der Waals surface area contributed by atoms with E-state index in [-0.39, 0.29) is 17.8 Å². The van der Waals surface area contributed by atoms with Crippen LogP contribution < -0.4 is 10.1 Å². The molecule has 1 amide bonds. The summed E-state index contributed by atoms with van der Waals surface area (Å²) in [6.45, 7) is 3.78. The van der Waals surface area contributed by atoms with Crippen molar-refractivity contribution < 1.29 is 13.9 Å². The van der Waals surface area contributed by atoms with Crippen LogP contribution in [-0.4, -0.2) is 12.0 Å². The van der Waals surface area contributed by atoms with Crippen LogP contribution in [0.1, 0.15) is 31.9 Å². The van der Waals surface area contributed by atoms with Crippen molar-refractivity contribution in [3.63, 3.8) is 0 Å². The molecular formula is C22H22FNO2. The van der Waals surface area contributed by atoms with Crippen molar-refractivity contribution >= 4 is 16.7 Å². The van der Waals surface area contributed by atoms with E-state index in [0.717, 1.165) is 16.3 Å². The first-order chi connectivity index (χ1) is 12.6. The summed E-state index contributed by atoms with van der Waals surface area (Å²) < 4.78 is 19.0. The van der Waals surface area contributed by atoms with Crippen molar-refractivity contribution in [3.8, 4) is 5.75 Å². The first-order valence-corrected chi connectivity index (χ1v) is 8.78. The molecule has 0 saturated heterocycles. The fourth-order valence-corrected chi connectivity index (χ4v) is 2.87. The van der Waals surface area contributed by atoms with Crippen molar-refractivity contribution in [2.45, 2.75) is 32.4 Å². The fraction of sp³-hybridized carbons (Fsp3) is 0.227. The highest BCUT2D eigenvalue weighted by molar-refractivity contribution is 5.84. The van der Waals surface area contributed by atoms with Gasteiger partial charge in [0.1, 0.15) is 11.6 Å². The molecule has 3 aromatic carbocycles. The summed E-state index contributed by atoms with van der Waals surface area (Å²) in [6, 6.07) is 19.7. The van der Waals surface area contributed by atoms with Gasteiger partial charge in [-0.05, 0) is 53.9 Å². The zero-order chi connectivity index (χ0) is 18.5. The summed E-state index contributed by atoms with van der Waals surface area (Å²) in [4.78, 5) is 12.6. The quantitative estimate of drug-likeness (QED) is 0.678. The first kappa shape index (κ1) is 17.9. The third kappa shape index (κ3) is 4.20. The SMILES string of the molecule is CC[C@H](Oc1ccc2ccccc2c1)C(=O)N[C@H](C)c1ccc(F)cc1. The van der Waals surface area contributed by atoms with Gasteiger partial charge in [-0.1, -0.05) is 49.4 Å². The number of carbonyl (C=O) groups is 1. The number of ether oxygens (including phenoxy) is 1. The van der Waals surface area contributed by atoms with Gasteiger partial charge in [0, 0.05) is 0 Å². The molecular weight excluding hydrogens is 329 g/mol. The Kier molecular flexibility index (Phi) is 5.52. The van der Waals surface area contributed by atoms with E-state index in [9.17, 15) is 9.18 Å². The predicted octanol–water partition coefficient (Wildman–Crippen LogP) is 5.01. The number of benzene rings is 3. The van der Waals surface area contributed by atoms with Crippen LogP contribution in [0.2, 0.25) is 0 Å². The largest absolute Gasteiger partial charge is 0.481 e. The topological polar surface area (TPSA) is 38.3 Å². The van der Waals surface area contributed by atoms with Crippen LogP contribution in [0, 0.1) is 5.82 Å². The van der Waals surface area contributed by atoms with Crippen LogP contribution >= 0.6 is 0 Å². The molecule has 3 rings (SSSR count). The van der Waals surface area contributed by atoms with Gasteiger partial charge in [-0.25, -0.2) is 4.39 Å². The number of hydrogen-bond donors (Lipinski definition) is 1. The van der Waals surface area contributed by atoms with Gasteiger partial charge < -0.3 is 10.1 Å². The molecule has 0 fully saturated rings. The van der Waals surface area contributed by atoms with E-state index in [1.807, 2.05) is 56.3 Å². The van der Waals surface area contributed by atoms with Crippen LogP contribution in [0.4, 0.5) is 4.39 Å². The van der Waals surface area contributed by atoms with Gasteiger partial charge >= 0.3 is 0 Å². The van der Waals surface area contributed by atoms with Crippen LogP contribution in [-0.2, 0) is 4.79 Å². The maximum absolute atomic E-state index is 13.0. The highest BCUT2D eigenvalue weighted by Crippen LogP contribution is 2.22. The molecule has 0 aliphatic rings. The minimum Gasteiger partial charge on any atom is -0.481 e. The van der Waals surface area contributed by atoms with Crippen LogP contribution in [0.15, 0.2) is 66.7 Å². The van der Waals surface area contributed by atoms with E-state index < -0.39 is 6.10 Å². The minimum atomic E-state index is -0.584. The second kappa shape index (κ2) is 8.00. The van der Waals surface area contributed by atoms with Crippen LogP contribution in [0.5, 0.6) is 5.75 Å². The lowest BCUT2D eigenvalue weighted by atomic mass is 10.1. The van der Waals surface area contributed by atoms with E-state index in [1.165, 1.54) is 12.1 Å². The van der Waals surface area contributed by atoms with E-state index in [2.05, 4.69) is 5.32 Å². The Bertz CT molecular complexity index is 892. The Labute approximate surface area is 152 Å². The molecule has 2 atom stereocenters. The normalized spacial score (nSPS) is 13.2. The lowest BCUT2D eigenvalue weighted by Gasteiger charge is -2.21. The van der Waals surface area contributed by atoms with Crippen LogP contribution in [0.3, 0.4) is 0 Å². The zero-order valence-electron chi connectivity index (χ0n) is 14.9. The van der Waals surface area contributed by atoms with E-state index >= 15 is 0 Å². The fourth-order valence-electron chi connectivity index (χ4n) is 2.87. The number of rotatable bonds is 6. The molecule has 0 heterocycles. The molecule has 0 saturated carbocycles. The molecule has 1 N–H and O–H groups in total. The van der Waals surface area contributed by atoms with Crippen molar-refractivity contribution in [2.75, 3.05) is 0 Å². The molecule has 4 heteroatoms. The summed E-state index contributed by atoms with van der Waals surface area (Å²) in [7, 11) is 0. The Morgan fingerprint density at radius 1 is 1.04 bits per heavy atom. The molecule has 0 aromatic heterocycles. The molecule has 0 spiro atoms. The highest BCUT2D eigenvalue weighted by Gasteiger charge is 2.20. The van der Waals surface area contributed by atoms with Gasteiger partial charge in [0.05, 0.1) is 6.04 Å². The molecule has 0 aliphatic heterocycles. The third-order valence-electron chi connectivity index (χ3n) is 4.39. The number of carbonyl (C=O) groups excluding carboxylic acids is 1. The Hall–Kier alpha value is -2.88. The molecule has 0 aliphatic carbocycles. The molecule has 3 aromatic rings. The summed E-state index contributed by atoms with van der Waals surface area (Å²) in [5, 5.41) is 5.13. The van der Waals surface area contributed by atoms with Crippen LogP contribution in [0.25, 0.3) is 10.8 Å². The Morgan fingerprint density at radius 2 is 1.73 bits per heavy atom. The number of amides is 1. The van der Waals surface area contributed by atoms with Crippen molar-refractivity contribution in [3.05, 3.63) is 78.1 Å². The average Bonchev–Trinajstić information content (AvgIpc) is 2.66. The minimum absolute atomic E-state index is 0.183. The van der Waals surface area contributed by atoms with Gasteiger partial charge in [-0.15, -0.1) is 0 Å². The third-order valence-corrected chi connectivity index (χ3v) is 4.39. The number of hydrogen-bond acceptors (Lipinski definition) is 2. The smallest absolute Gasteiger partial charge is 0.261 e. The molecule has 0 bridgehead atoms. The van der Waals surface area contributed by atoms with Gasteiger partial charge in [0.25, 0.3) is 5.91 Å². The molecule has 0 unspecified atom stereocenters. The summed E-state index contributed by atoms with van der Waals surface area (Å²) in [5.74, 6) is 0.191. The van der Waals surface area contributed by atoms with E-state index in [4.69, 9.17) is 4.74 Å². The standard InChI is InChI=1S/C22H22FNO2/c1-3-21(22(25)24-15(2)16-8-11-19(23)12-9-16)26-20-13-10-17-6-4-5-7-18(17)14-20/h4-15,21H,3H2,1-2H3,(H,24,25)/t15-,21+/m1/s1. The van der Waals surface area contributed by atoms with E-state index in [1.54, 1.807) is 12.1 Å². The maximum atomic E-state index is 13.0. The lowest BCUT2D eigenvalue weighted by molar-refractivity contribution is -0.128. The van der Waals surface area contributed by atoms with Crippen molar-refractivity contribution in [1.29, 1.82) is 0 Å². The lowest BCUT2D eigenvalue weighted by Crippen LogP contribution is -2.39. The van der Waals surface area contributed by atoms with Gasteiger partial charge in [0.2, 0.25) is 0 Å². The zero-order valence-corrected chi connectivity index (χ0v) is 14.9. The number of fused-ring (bicyclic) bond motifs is 1. The number of nitrogens with one attached hydrogen (secondary N) is 1. The van der Waals surface area contributed by atoms with Crippen molar-refractivity contribution in [1.82, 2.24) is 5.32 Å². The summed E-state index contributed by atoms with van der Waals surface area (Å²) in [5.41, 5.74) is 0.848. The predicted molar refractivity (Wildman–Crippen MR) is 102 cm³/mol. The molecule has 26 heavy (non-hydrogen) atoms. The van der Waals surface area contributed by atoms with E-state index in [0.29, 0.717) is 12.2 Å². The average molecular weight is 351 g/mol. The second-order valence-electron chi connectivity index (χ2n) is 6.31. The molecule has 3 nitrogen and oxygen atoms in total. The Balaban J connectivity index is 1.68. The molecule has 134 valence electrons. The second-order valence-corrected chi connectivity index (χ2v) is 6.31.